The Bertz CT molecular complexity index is 782. The zero-order valence-corrected chi connectivity index (χ0v) is 11.2. The van der Waals surface area contributed by atoms with Gasteiger partial charge in [0.2, 0.25) is 0 Å². The van der Waals surface area contributed by atoms with E-state index in [1.165, 1.54) is 12.3 Å². The standard InChI is InChI=1S/C13H8BrN3O2/c14-10-4-2-1-3-9(10)12-16-15-11-6-5-8(13(18)19)7-17(11)12/h1-7H,(H,18,19). The van der Waals surface area contributed by atoms with Crippen molar-refractivity contribution in [1.29, 1.82) is 0 Å². The Kier molecular flexibility index (Phi) is 2.79. The molecule has 94 valence electrons. The van der Waals surface area contributed by atoms with E-state index in [9.17, 15) is 4.79 Å². The smallest absolute Gasteiger partial charge is 0.337 e. The van der Waals surface area contributed by atoms with E-state index in [0.29, 0.717) is 11.5 Å². The first kappa shape index (κ1) is 11.9. The summed E-state index contributed by atoms with van der Waals surface area (Å²) in [6.07, 6.45) is 1.52. The summed E-state index contributed by atoms with van der Waals surface area (Å²) in [5, 5.41) is 17.2. The third-order valence-electron chi connectivity index (χ3n) is 2.76. The van der Waals surface area contributed by atoms with Gasteiger partial charge in [-0.3, -0.25) is 4.40 Å². The van der Waals surface area contributed by atoms with E-state index in [0.717, 1.165) is 10.0 Å². The van der Waals surface area contributed by atoms with Crippen molar-refractivity contribution in [1.82, 2.24) is 14.6 Å². The molecular formula is C13H8BrN3O2. The number of fused-ring (bicyclic) bond motifs is 1. The minimum absolute atomic E-state index is 0.195. The number of aromatic carboxylic acids is 1. The second kappa shape index (κ2) is 4.47. The Labute approximate surface area is 116 Å². The molecular weight excluding hydrogens is 310 g/mol. The number of rotatable bonds is 2. The van der Waals surface area contributed by atoms with Crippen molar-refractivity contribution in [3.8, 4) is 11.4 Å². The fourth-order valence-corrected chi connectivity index (χ4v) is 2.31. The van der Waals surface area contributed by atoms with Crippen LogP contribution in [0.1, 0.15) is 10.4 Å². The molecule has 0 saturated heterocycles. The first-order valence-corrected chi connectivity index (χ1v) is 6.29. The Morgan fingerprint density at radius 1 is 1.16 bits per heavy atom. The molecule has 3 aromatic rings. The molecule has 2 aromatic heterocycles. The number of pyridine rings is 1. The average Bonchev–Trinajstić information content (AvgIpc) is 2.82. The number of aromatic nitrogens is 3. The highest BCUT2D eigenvalue weighted by molar-refractivity contribution is 9.10. The Balaban J connectivity index is 2.27. The van der Waals surface area contributed by atoms with Crippen LogP contribution in [-0.4, -0.2) is 25.7 Å². The predicted molar refractivity (Wildman–Crippen MR) is 73.1 cm³/mol. The average molecular weight is 318 g/mol. The van der Waals surface area contributed by atoms with Crippen LogP contribution in [0, 0.1) is 0 Å². The van der Waals surface area contributed by atoms with E-state index < -0.39 is 5.97 Å². The molecule has 6 heteroatoms. The van der Waals surface area contributed by atoms with E-state index >= 15 is 0 Å². The van der Waals surface area contributed by atoms with Gasteiger partial charge in [-0.15, -0.1) is 10.2 Å². The Hall–Kier alpha value is -2.21. The van der Waals surface area contributed by atoms with Gasteiger partial charge in [-0.05, 0) is 18.2 Å². The fourth-order valence-electron chi connectivity index (χ4n) is 1.84. The lowest BCUT2D eigenvalue weighted by molar-refractivity contribution is 0.0696. The largest absolute Gasteiger partial charge is 0.478 e. The van der Waals surface area contributed by atoms with E-state index in [2.05, 4.69) is 26.1 Å². The van der Waals surface area contributed by atoms with Crippen molar-refractivity contribution in [2.24, 2.45) is 0 Å². The molecule has 1 aromatic carbocycles. The minimum Gasteiger partial charge on any atom is -0.478 e. The van der Waals surface area contributed by atoms with Crippen molar-refractivity contribution in [2.45, 2.75) is 0 Å². The van der Waals surface area contributed by atoms with Crippen LogP contribution in [0.4, 0.5) is 0 Å². The summed E-state index contributed by atoms with van der Waals surface area (Å²) in [4.78, 5) is 11.0. The molecule has 0 unspecified atom stereocenters. The van der Waals surface area contributed by atoms with Crippen LogP contribution in [0.3, 0.4) is 0 Å². The van der Waals surface area contributed by atoms with Crippen LogP contribution in [-0.2, 0) is 0 Å². The van der Waals surface area contributed by atoms with E-state index in [4.69, 9.17) is 5.11 Å². The highest BCUT2D eigenvalue weighted by atomic mass is 79.9. The number of benzene rings is 1. The monoisotopic (exact) mass is 317 g/mol. The van der Waals surface area contributed by atoms with Crippen molar-refractivity contribution in [3.63, 3.8) is 0 Å². The van der Waals surface area contributed by atoms with Crippen LogP contribution in [0.5, 0.6) is 0 Å². The van der Waals surface area contributed by atoms with Gasteiger partial charge in [0.15, 0.2) is 11.5 Å². The third-order valence-corrected chi connectivity index (χ3v) is 3.46. The molecule has 0 fully saturated rings. The molecule has 0 saturated carbocycles. The number of carbonyl (C=O) groups is 1. The molecule has 0 bridgehead atoms. The molecule has 0 radical (unpaired) electrons. The zero-order chi connectivity index (χ0) is 13.4. The molecule has 0 amide bonds. The number of nitrogens with zero attached hydrogens (tertiary/aromatic N) is 3. The summed E-state index contributed by atoms with van der Waals surface area (Å²) in [6, 6.07) is 10.7. The molecule has 0 aliphatic carbocycles. The summed E-state index contributed by atoms with van der Waals surface area (Å²) >= 11 is 3.45. The molecule has 0 atom stereocenters. The number of carboxylic acid groups (broad SMARTS) is 1. The molecule has 0 spiro atoms. The van der Waals surface area contributed by atoms with Crippen molar-refractivity contribution in [3.05, 3.63) is 52.6 Å². The quantitative estimate of drug-likeness (QED) is 0.789. The molecule has 19 heavy (non-hydrogen) atoms. The second-order valence-electron chi connectivity index (χ2n) is 3.95. The number of carboxylic acids is 1. The van der Waals surface area contributed by atoms with Crippen molar-refractivity contribution >= 4 is 27.5 Å². The van der Waals surface area contributed by atoms with Gasteiger partial charge >= 0.3 is 5.97 Å². The van der Waals surface area contributed by atoms with Crippen LogP contribution in [0.25, 0.3) is 17.0 Å². The fraction of sp³-hybridized carbons (Fsp3) is 0. The van der Waals surface area contributed by atoms with Crippen LogP contribution in [0.2, 0.25) is 0 Å². The lowest BCUT2D eigenvalue weighted by atomic mass is 10.2. The first-order chi connectivity index (χ1) is 9.16. The first-order valence-electron chi connectivity index (χ1n) is 5.50. The summed E-state index contributed by atoms with van der Waals surface area (Å²) < 4.78 is 2.55. The highest BCUT2D eigenvalue weighted by Crippen LogP contribution is 2.26. The second-order valence-corrected chi connectivity index (χ2v) is 4.81. The normalized spacial score (nSPS) is 10.8. The molecule has 1 N–H and O–H groups in total. The van der Waals surface area contributed by atoms with Gasteiger partial charge in [0.25, 0.3) is 0 Å². The van der Waals surface area contributed by atoms with E-state index in [-0.39, 0.29) is 5.56 Å². The van der Waals surface area contributed by atoms with Crippen molar-refractivity contribution in [2.75, 3.05) is 0 Å². The van der Waals surface area contributed by atoms with Gasteiger partial charge in [-0.1, -0.05) is 34.1 Å². The predicted octanol–water partition coefficient (Wildman–Crippen LogP) is 2.86. The summed E-state index contributed by atoms with van der Waals surface area (Å²) in [5.74, 6) is -0.376. The lowest BCUT2D eigenvalue weighted by Gasteiger charge is -2.03. The third kappa shape index (κ3) is 2.00. The highest BCUT2D eigenvalue weighted by Gasteiger charge is 2.12. The topological polar surface area (TPSA) is 67.5 Å². The number of hydrogen-bond donors (Lipinski definition) is 1. The van der Waals surface area contributed by atoms with Crippen molar-refractivity contribution < 1.29 is 9.90 Å². The Morgan fingerprint density at radius 2 is 1.95 bits per heavy atom. The van der Waals surface area contributed by atoms with Gasteiger partial charge in [-0.25, -0.2) is 4.79 Å². The van der Waals surface area contributed by atoms with Gasteiger partial charge in [0.1, 0.15) is 0 Å². The molecule has 3 rings (SSSR count). The lowest BCUT2D eigenvalue weighted by Crippen LogP contribution is -1.99. The maximum absolute atomic E-state index is 11.0. The van der Waals surface area contributed by atoms with Gasteiger partial charge < -0.3 is 5.11 Å². The van der Waals surface area contributed by atoms with Gasteiger partial charge in [-0.2, -0.15) is 0 Å². The molecule has 2 heterocycles. The SMILES string of the molecule is O=C(O)c1ccc2nnc(-c3ccccc3Br)n2c1. The van der Waals surface area contributed by atoms with Gasteiger partial charge in [0.05, 0.1) is 5.56 Å². The number of hydrogen-bond acceptors (Lipinski definition) is 3. The minimum atomic E-state index is -0.978. The summed E-state index contributed by atoms with van der Waals surface area (Å²) in [7, 11) is 0. The van der Waals surface area contributed by atoms with Gasteiger partial charge in [0, 0.05) is 16.2 Å². The maximum Gasteiger partial charge on any atom is 0.337 e. The number of halogens is 1. The summed E-state index contributed by atoms with van der Waals surface area (Å²) in [5.41, 5.74) is 1.66. The van der Waals surface area contributed by atoms with E-state index in [1.807, 2.05) is 24.3 Å². The Morgan fingerprint density at radius 3 is 2.68 bits per heavy atom. The van der Waals surface area contributed by atoms with Crippen LogP contribution >= 0.6 is 15.9 Å². The van der Waals surface area contributed by atoms with Crippen LogP contribution in [0.15, 0.2) is 47.1 Å². The molecule has 0 aliphatic heterocycles. The van der Waals surface area contributed by atoms with E-state index in [1.54, 1.807) is 10.5 Å². The zero-order valence-electron chi connectivity index (χ0n) is 9.62. The maximum atomic E-state index is 11.0. The molecule has 5 nitrogen and oxygen atoms in total. The summed E-state index contributed by atoms with van der Waals surface area (Å²) in [6.45, 7) is 0. The molecule has 0 aliphatic rings. The van der Waals surface area contributed by atoms with Crippen LogP contribution < -0.4 is 0 Å².